The Morgan fingerprint density at radius 1 is 0.939 bits per heavy atom. The zero-order valence-corrected chi connectivity index (χ0v) is 28.9. The smallest absolute Gasteiger partial charge is 0.251 e. The lowest BCUT2D eigenvalue weighted by molar-refractivity contribution is -0.129. The maximum Gasteiger partial charge on any atom is 0.251 e. The minimum absolute atomic E-state index is 0.0452. The van der Waals surface area contributed by atoms with Gasteiger partial charge in [-0.2, -0.15) is 0 Å². The lowest BCUT2D eigenvalue weighted by Gasteiger charge is -2.28. The summed E-state index contributed by atoms with van der Waals surface area (Å²) in [6.45, 7) is 7.28. The van der Waals surface area contributed by atoms with Gasteiger partial charge in [-0.25, -0.2) is 8.78 Å². The van der Waals surface area contributed by atoms with Crippen LogP contribution in [0.15, 0.2) is 66.7 Å². The molecule has 5 atom stereocenters. The van der Waals surface area contributed by atoms with Crippen molar-refractivity contribution in [3.63, 3.8) is 0 Å². The minimum atomic E-state index is -0.915. The van der Waals surface area contributed by atoms with Gasteiger partial charge in [0.2, 0.25) is 5.91 Å². The summed E-state index contributed by atoms with van der Waals surface area (Å²) in [4.78, 5) is 25.9. The SMILES string of the molecule is CCC(C)C(CNC(=O)c1ccc(F)cc1)NC(=O)[C@@H](CCC(N)COCc1ccc(-c2ccc(F)cc2)c(OCCCOC)c1)C(C)O. The summed E-state index contributed by atoms with van der Waals surface area (Å²) < 4.78 is 43.9. The standard InChI is InChI=1S/C38H51F2N3O6/c1-5-25(2)35(22-42-37(45)29-10-14-31(40)15-11-29)43-38(46)33(26(3)44)18-16-32(41)24-48-23-27-7-17-34(28-8-12-30(39)13-9-28)36(21-27)49-20-6-19-47-4/h7-15,17,21,25-26,32-33,35,44H,5-6,16,18-20,22-24,41H2,1-4H3,(H,42,45)(H,43,46)/t25?,26?,32?,33-,35?/m0/s1. The third-order valence-electron chi connectivity index (χ3n) is 8.57. The van der Waals surface area contributed by atoms with Crippen LogP contribution in [-0.4, -0.2) is 68.6 Å². The third-order valence-corrected chi connectivity index (χ3v) is 8.57. The third kappa shape index (κ3) is 13.1. The number of aliphatic hydroxyl groups is 1. The van der Waals surface area contributed by atoms with Crippen molar-refractivity contribution in [2.75, 3.05) is 33.5 Å². The van der Waals surface area contributed by atoms with Gasteiger partial charge in [0.1, 0.15) is 17.4 Å². The van der Waals surface area contributed by atoms with Crippen molar-refractivity contribution in [2.45, 2.75) is 71.2 Å². The number of benzene rings is 3. The first-order chi connectivity index (χ1) is 23.5. The quantitative estimate of drug-likeness (QED) is 0.107. The van der Waals surface area contributed by atoms with Gasteiger partial charge in [-0.05, 0) is 79.3 Å². The molecule has 3 aromatic carbocycles. The molecule has 0 spiro atoms. The number of nitrogens with one attached hydrogen (secondary N) is 2. The zero-order chi connectivity index (χ0) is 35.8. The van der Waals surface area contributed by atoms with Gasteiger partial charge < -0.3 is 35.7 Å². The molecule has 0 aliphatic carbocycles. The Morgan fingerprint density at radius 3 is 2.24 bits per heavy atom. The molecule has 0 heterocycles. The van der Waals surface area contributed by atoms with Gasteiger partial charge in [0.05, 0.1) is 31.8 Å². The number of methoxy groups -OCH3 is 1. The van der Waals surface area contributed by atoms with Crippen LogP contribution < -0.4 is 21.1 Å². The van der Waals surface area contributed by atoms with Gasteiger partial charge >= 0.3 is 0 Å². The van der Waals surface area contributed by atoms with Crippen molar-refractivity contribution in [1.29, 1.82) is 0 Å². The summed E-state index contributed by atoms with van der Waals surface area (Å²) in [5.41, 5.74) is 9.24. The van der Waals surface area contributed by atoms with E-state index >= 15 is 0 Å². The molecule has 0 radical (unpaired) electrons. The second-order valence-electron chi connectivity index (χ2n) is 12.4. The highest BCUT2D eigenvalue weighted by atomic mass is 19.1. The van der Waals surface area contributed by atoms with Crippen LogP contribution >= 0.6 is 0 Å². The summed E-state index contributed by atoms with van der Waals surface area (Å²) in [5, 5.41) is 16.3. The van der Waals surface area contributed by atoms with Crippen LogP contribution in [0.25, 0.3) is 11.1 Å². The molecule has 3 rings (SSSR count). The van der Waals surface area contributed by atoms with E-state index in [0.29, 0.717) is 43.8 Å². The maximum atomic E-state index is 13.5. The summed E-state index contributed by atoms with van der Waals surface area (Å²) in [6, 6.07) is 16.5. The number of hydrogen-bond acceptors (Lipinski definition) is 7. The van der Waals surface area contributed by atoms with Crippen LogP contribution in [0, 0.1) is 23.5 Å². The van der Waals surface area contributed by atoms with Gasteiger partial charge in [0.15, 0.2) is 0 Å². The molecule has 0 aliphatic heterocycles. The fraction of sp³-hybridized carbons (Fsp3) is 0.474. The second-order valence-corrected chi connectivity index (χ2v) is 12.4. The number of carbonyl (C=O) groups excluding carboxylic acids is 2. The molecule has 0 saturated heterocycles. The van der Waals surface area contributed by atoms with Crippen molar-refractivity contribution in [1.82, 2.24) is 10.6 Å². The van der Waals surface area contributed by atoms with Crippen molar-refractivity contribution in [3.8, 4) is 16.9 Å². The van der Waals surface area contributed by atoms with E-state index in [4.69, 9.17) is 19.9 Å². The van der Waals surface area contributed by atoms with E-state index in [0.717, 1.165) is 23.1 Å². The van der Waals surface area contributed by atoms with Crippen LogP contribution in [0.1, 0.15) is 62.4 Å². The predicted octanol–water partition coefficient (Wildman–Crippen LogP) is 5.63. The fourth-order valence-electron chi connectivity index (χ4n) is 5.30. The lowest BCUT2D eigenvalue weighted by atomic mass is 9.92. The molecule has 3 aromatic rings. The fourth-order valence-corrected chi connectivity index (χ4v) is 5.30. The van der Waals surface area contributed by atoms with E-state index in [-0.39, 0.29) is 55.4 Å². The van der Waals surface area contributed by atoms with Crippen LogP contribution in [0.4, 0.5) is 8.78 Å². The average Bonchev–Trinajstić information content (AvgIpc) is 3.08. The molecule has 2 amide bonds. The summed E-state index contributed by atoms with van der Waals surface area (Å²) in [5.74, 6) is -1.43. The average molecular weight is 684 g/mol. The van der Waals surface area contributed by atoms with E-state index in [1.165, 1.54) is 36.4 Å². The van der Waals surface area contributed by atoms with Crippen LogP contribution in [0.2, 0.25) is 0 Å². The molecule has 0 fully saturated rings. The zero-order valence-electron chi connectivity index (χ0n) is 28.9. The van der Waals surface area contributed by atoms with E-state index in [1.807, 2.05) is 32.0 Å². The molecule has 4 unspecified atom stereocenters. The summed E-state index contributed by atoms with van der Waals surface area (Å²) >= 11 is 0. The van der Waals surface area contributed by atoms with Gasteiger partial charge in [-0.15, -0.1) is 0 Å². The van der Waals surface area contributed by atoms with Crippen molar-refractivity contribution < 1.29 is 37.7 Å². The molecule has 0 saturated carbocycles. The molecule has 9 nitrogen and oxygen atoms in total. The molecule has 0 bridgehead atoms. The van der Waals surface area contributed by atoms with E-state index in [9.17, 15) is 23.5 Å². The molecule has 5 N–H and O–H groups in total. The summed E-state index contributed by atoms with van der Waals surface area (Å²) in [6.07, 6.45) is 1.34. The highest BCUT2D eigenvalue weighted by Crippen LogP contribution is 2.32. The van der Waals surface area contributed by atoms with Crippen LogP contribution in [-0.2, 0) is 20.9 Å². The number of amides is 2. The van der Waals surface area contributed by atoms with Crippen LogP contribution in [0.3, 0.4) is 0 Å². The maximum absolute atomic E-state index is 13.5. The Bertz CT molecular complexity index is 1440. The summed E-state index contributed by atoms with van der Waals surface area (Å²) in [7, 11) is 1.64. The predicted molar refractivity (Wildman–Crippen MR) is 186 cm³/mol. The first-order valence-corrected chi connectivity index (χ1v) is 16.9. The Kier molecular flexibility index (Phi) is 16.6. The Balaban J connectivity index is 1.53. The van der Waals surface area contributed by atoms with E-state index < -0.39 is 17.8 Å². The highest BCUT2D eigenvalue weighted by molar-refractivity contribution is 5.94. The Labute approximate surface area is 288 Å². The molecular weight excluding hydrogens is 632 g/mol. The molecule has 0 aromatic heterocycles. The van der Waals surface area contributed by atoms with Gasteiger partial charge in [-0.1, -0.05) is 44.5 Å². The highest BCUT2D eigenvalue weighted by Gasteiger charge is 2.28. The van der Waals surface area contributed by atoms with Gasteiger partial charge in [0.25, 0.3) is 5.91 Å². The van der Waals surface area contributed by atoms with Gasteiger partial charge in [-0.3, -0.25) is 9.59 Å². The normalized spacial score (nSPS) is 14.4. The lowest BCUT2D eigenvalue weighted by Crippen LogP contribution is -2.50. The van der Waals surface area contributed by atoms with E-state index in [2.05, 4.69) is 10.6 Å². The monoisotopic (exact) mass is 683 g/mol. The Morgan fingerprint density at radius 2 is 1.61 bits per heavy atom. The number of carbonyl (C=O) groups is 2. The molecular formula is C38H51F2N3O6. The topological polar surface area (TPSA) is 132 Å². The molecule has 49 heavy (non-hydrogen) atoms. The van der Waals surface area contributed by atoms with Crippen molar-refractivity contribution >= 4 is 11.8 Å². The number of rotatable bonds is 21. The first-order valence-electron chi connectivity index (χ1n) is 16.9. The first kappa shape index (κ1) is 39.5. The largest absolute Gasteiger partial charge is 0.493 e. The van der Waals surface area contributed by atoms with Gasteiger partial charge in [0, 0.05) is 49.9 Å². The van der Waals surface area contributed by atoms with Crippen LogP contribution in [0.5, 0.6) is 5.75 Å². The molecule has 11 heteroatoms. The molecule has 0 aliphatic rings. The number of ether oxygens (including phenoxy) is 3. The number of halogens is 2. The van der Waals surface area contributed by atoms with E-state index in [1.54, 1.807) is 26.2 Å². The number of nitrogens with two attached hydrogens (primary N) is 1. The van der Waals surface area contributed by atoms with Crippen molar-refractivity contribution in [3.05, 3.63) is 89.5 Å². The number of hydrogen-bond donors (Lipinski definition) is 4. The second kappa shape index (κ2) is 20.6. The number of aliphatic hydroxyl groups excluding tert-OH is 1. The minimum Gasteiger partial charge on any atom is -0.493 e. The Hall–Kier alpha value is -3.90. The van der Waals surface area contributed by atoms with Crippen molar-refractivity contribution in [2.24, 2.45) is 17.6 Å². The molecule has 268 valence electrons.